The van der Waals surface area contributed by atoms with Crippen LogP contribution < -0.4 is 5.32 Å². The van der Waals surface area contributed by atoms with E-state index in [1.807, 2.05) is 30.3 Å². The van der Waals surface area contributed by atoms with E-state index in [0.717, 1.165) is 10.5 Å². The van der Waals surface area contributed by atoms with E-state index in [1.54, 1.807) is 0 Å². The van der Waals surface area contributed by atoms with Gasteiger partial charge in [-0.3, -0.25) is 9.59 Å². The molecule has 32 heavy (non-hydrogen) atoms. The van der Waals surface area contributed by atoms with E-state index in [0.29, 0.717) is 19.5 Å². The van der Waals surface area contributed by atoms with E-state index in [2.05, 4.69) is 5.32 Å². The van der Waals surface area contributed by atoms with Crippen molar-refractivity contribution >= 4 is 17.9 Å². The third kappa shape index (κ3) is 3.18. The van der Waals surface area contributed by atoms with Gasteiger partial charge >= 0.3 is 12.3 Å². The second-order valence-electron chi connectivity index (χ2n) is 9.42. The molecule has 1 N–H and O–H groups in total. The summed E-state index contributed by atoms with van der Waals surface area (Å²) in [6, 6.07) is 9.02. The summed E-state index contributed by atoms with van der Waals surface area (Å²) >= 11 is 0. The molecule has 0 unspecified atom stereocenters. The zero-order valence-electron chi connectivity index (χ0n) is 17.4. The van der Waals surface area contributed by atoms with Gasteiger partial charge in [-0.2, -0.15) is 13.2 Å². The maximum atomic E-state index is 13.4. The van der Waals surface area contributed by atoms with E-state index in [4.69, 9.17) is 4.74 Å². The Morgan fingerprint density at radius 1 is 1.16 bits per heavy atom. The summed E-state index contributed by atoms with van der Waals surface area (Å²) in [5, 5.41) is 3.13. The molecular formula is C22H24F3N3O4. The molecule has 0 bridgehead atoms. The van der Waals surface area contributed by atoms with Crippen molar-refractivity contribution in [3.63, 3.8) is 0 Å². The molecule has 1 aromatic rings. The van der Waals surface area contributed by atoms with Crippen molar-refractivity contribution in [2.75, 3.05) is 32.8 Å². The van der Waals surface area contributed by atoms with Gasteiger partial charge in [0.2, 0.25) is 11.8 Å². The Bertz CT molecular complexity index is 941. The number of cyclic esters (lactones) is 1. The van der Waals surface area contributed by atoms with E-state index < -0.39 is 41.0 Å². The standard InChI is InChI=1S/C22H24F3N3O4/c23-22(24,25)21(6-7-21)18(30)27-12-20(13-27)11-26-9-16(20)17(29)28-15(10-32-19(28)31)8-14-4-2-1-3-5-14/h1-5,15-16,26H,6-13H2/t15-,16-/m0/s1. The first-order chi connectivity index (χ1) is 15.2. The lowest BCUT2D eigenvalue weighted by molar-refractivity contribution is -0.205. The van der Waals surface area contributed by atoms with Crippen LogP contribution in [-0.4, -0.2) is 72.7 Å². The normalized spacial score (nSPS) is 27.9. The van der Waals surface area contributed by atoms with Crippen molar-refractivity contribution in [1.82, 2.24) is 15.1 Å². The van der Waals surface area contributed by atoms with E-state index in [1.165, 1.54) is 4.90 Å². The van der Waals surface area contributed by atoms with Gasteiger partial charge in [0.15, 0.2) is 0 Å². The fourth-order valence-electron chi connectivity index (χ4n) is 5.33. The molecule has 5 rings (SSSR count). The minimum absolute atomic E-state index is 0.0826. The van der Waals surface area contributed by atoms with Gasteiger partial charge in [0.05, 0.1) is 12.0 Å². The third-order valence-corrected chi connectivity index (χ3v) is 7.38. The molecule has 4 fully saturated rings. The molecule has 3 saturated heterocycles. The molecule has 172 valence electrons. The molecular weight excluding hydrogens is 427 g/mol. The SMILES string of the molecule is O=C1OC[C@H](Cc2ccccc2)N1C(=O)[C@@H]1CNCC12CN(C(=O)C1(C(F)(F)F)CC1)C2. The maximum Gasteiger partial charge on any atom is 0.416 e. The highest BCUT2D eigenvalue weighted by atomic mass is 19.4. The highest BCUT2D eigenvalue weighted by molar-refractivity contribution is 5.96. The number of carbonyl (C=O) groups excluding carboxylic acids is 3. The molecule has 0 radical (unpaired) electrons. The smallest absolute Gasteiger partial charge is 0.416 e. The highest BCUT2D eigenvalue weighted by Gasteiger charge is 2.71. The Kier molecular flexibility index (Phi) is 4.77. The Morgan fingerprint density at radius 2 is 1.84 bits per heavy atom. The number of benzene rings is 1. The monoisotopic (exact) mass is 451 g/mol. The Hall–Kier alpha value is -2.62. The number of halogens is 3. The molecule has 3 heterocycles. The summed E-state index contributed by atoms with van der Waals surface area (Å²) in [4.78, 5) is 40.7. The number of amides is 3. The molecule has 4 aliphatic rings. The predicted molar refractivity (Wildman–Crippen MR) is 105 cm³/mol. The van der Waals surface area contributed by atoms with Gasteiger partial charge in [0, 0.05) is 31.6 Å². The number of ether oxygens (including phenoxy) is 1. The minimum atomic E-state index is -4.56. The summed E-state index contributed by atoms with van der Waals surface area (Å²) in [5.74, 6) is -1.88. The van der Waals surface area contributed by atoms with E-state index >= 15 is 0 Å². The summed E-state index contributed by atoms with van der Waals surface area (Å²) in [6.07, 6.45) is -5.15. The lowest BCUT2D eigenvalue weighted by Gasteiger charge is -2.51. The first kappa shape index (κ1) is 21.2. The number of hydrogen-bond acceptors (Lipinski definition) is 5. The summed E-state index contributed by atoms with van der Waals surface area (Å²) in [5.41, 5.74) is -1.94. The van der Waals surface area contributed by atoms with Crippen molar-refractivity contribution in [3.8, 4) is 0 Å². The quantitative estimate of drug-likeness (QED) is 0.758. The number of carbonyl (C=O) groups is 3. The van der Waals surface area contributed by atoms with Crippen molar-refractivity contribution in [2.45, 2.75) is 31.5 Å². The topological polar surface area (TPSA) is 79.0 Å². The van der Waals surface area contributed by atoms with Crippen LogP contribution in [0.15, 0.2) is 30.3 Å². The summed E-state index contributed by atoms with van der Waals surface area (Å²) in [7, 11) is 0. The van der Waals surface area contributed by atoms with Crippen LogP contribution in [0.4, 0.5) is 18.0 Å². The van der Waals surface area contributed by atoms with E-state index in [9.17, 15) is 27.6 Å². The zero-order valence-corrected chi connectivity index (χ0v) is 17.4. The van der Waals surface area contributed by atoms with Crippen LogP contribution in [0.5, 0.6) is 0 Å². The van der Waals surface area contributed by atoms with Gasteiger partial charge in [0.1, 0.15) is 12.0 Å². The van der Waals surface area contributed by atoms with Crippen LogP contribution in [0.3, 0.4) is 0 Å². The van der Waals surface area contributed by atoms with Crippen LogP contribution in [0, 0.1) is 16.7 Å². The Morgan fingerprint density at radius 3 is 2.47 bits per heavy atom. The first-order valence-corrected chi connectivity index (χ1v) is 10.8. The van der Waals surface area contributed by atoms with Crippen LogP contribution in [0.25, 0.3) is 0 Å². The third-order valence-electron chi connectivity index (χ3n) is 7.38. The van der Waals surface area contributed by atoms with Crippen LogP contribution in [0.2, 0.25) is 0 Å². The van der Waals surface area contributed by atoms with Crippen molar-refractivity contribution < 1.29 is 32.3 Å². The second-order valence-corrected chi connectivity index (χ2v) is 9.42. The van der Waals surface area contributed by atoms with Crippen LogP contribution in [0.1, 0.15) is 18.4 Å². The lowest BCUT2D eigenvalue weighted by atomic mass is 9.70. The molecule has 1 aliphatic carbocycles. The number of nitrogens with zero attached hydrogens (tertiary/aromatic N) is 2. The van der Waals surface area contributed by atoms with Gasteiger partial charge in [-0.15, -0.1) is 0 Å². The van der Waals surface area contributed by atoms with Gasteiger partial charge < -0.3 is 15.0 Å². The van der Waals surface area contributed by atoms with Gasteiger partial charge in [-0.05, 0) is 24.8 Å². The molecule has 10 heteroatoms. The number of hydrogen-bond donors (Lipinski definition) is 1. The number of rotatable bonds is 4. The summed E-state index contributed by atoms with van der Waals surface area (Å²) in [6.45, 7) is 0.996. The minimum Gasteiger partial charge on any atom is -0.447 e. The molecule has 1 aromatic carbocycles. The largest absolute Gasteiger partial charge is 0.447 e. The van der Waals surface area contributed by atoms with E-state index in [-0.39, 0.29) is 38.4 Å². The maximum absolute atomic E-state index is 13.4. The van der Waals surface area contributed by atoms with Crippen LogP contribution >= 0.6 is 0 Å². The van der Waals surface area contributed by atoms with Crippen LogP contribution in [-0.2, 0) is 20.7 Å². The van der Waals surface area contributed by atoms with Gasteiger partial charge in [-0.1, -0.05) is 30.3 Å². The molecule has 3 amide bonds. The molecule has 1 spiro atoms. The number of nitrogens with one attached hydrogen (secondary N) is 1. The molecule has 3 aliphatic heterocycles. The number of imide groups is 1. The highest BCUT2D eigenvalue weighted by Crippen LogP contribution is 2.60. The average Bonchev–Trinajstić information content (AvgIpc) is 3.32. The predicted octanol–water partition coefficient (Wildman–Crippen LogP) is 1.97. The number of alkyl halides is 3. The zero-order chi connectivity index (χ0) is 22.7. The molecule has 1 saturated carbocycles. The molecule has 2 atom stereocenters. The fourth-order valence-corrected chi connectivity index (χ4v) is 5.33. The van der Waals surface area contributed by atoms with Crippen molar-refractivity contribution in [2.24, 2.45) is 16.7 Å². The Labute approximate surface area is 182 Å². The number of likely N-dealkylation sites (tertiary alicyclic amines) is 1. The second kappa shape index (κ2) is 7.19. The average molecular weight is 451 g/mol. The lowest BCUT2D eigenvalue weighted by Crippen LogP contribution is -2.66. The van der Waals surface area contributed by atoms with Crippen molar-refractivity contribution in [1.29, 1.82) is 0 Å². The first-order valence-electron chi connectivity index (χ1n) is 10.8. The Balaban J connectivity index is 1.29. The molecule has 7 nitrogen and oxygen atoms in total. The fraction of sp³-hybridized carbons (Fsp3) is 0.591. The van der Waals surface area contributed by atoms with Crippen molar-refractivity contribution in [3.05, 3.63) is 35.9 Å². The summed E-state index contributed by atoms with van der Waals surface area (Å²) < 4.78 is 45.2. The molecule has 0 aromatic heterocycles. The van der Waals surface area contributed by atoms with Gasteiger partial charge in [0.25, 0.3) is 0 Å². The van der Waals surface area contributed by atoms with Gasteiger partial charge in [-0.25, -0.2) is 9.69 Å².